The van der Waals surface area contributed by atoms with Crippen LogP contribution in [0.15, 0.2) is 64.6 Å². The van der Waals surface area contributed by atoms with Gasteiger partial charge in [-0.2, -0.15) is 5.26 Å². The van der Waals surface area contributed by atoms with E-state index in [-0.39, 0.29) is 17.7 Å². The molecule has 0 unspecified atom stereocenters. The molecule has 0 aliphatic heterocycles. The lowest BCUT2D eigenvalue weighted by atomic mass is 10.1. The van der Waals surface area contributed by atoms with Gasteiger partial charge in [-0.15, -0.1) is 0 Å². The molecule has 0 aromatic heterocycles. The van der Waals surface area contributed by atoms with E-state index in [2.05, 4.69) is 21.2 Å². The van der Waals surface area contributed by atoms with Crippen molar-refractivity contribution in [2.75, 3.05) is 12.4 Å². The zero-order chi connectivity index (χ0) is 25.5. The van der Waals surface area contributed by atoms with Crippen LogP contribution in [0.3, 0.4) is 0 Å². The lowest BCUT2D eigenvalue weighted by Gasteiger charge is -2.13. The van der Waals surface area contributed by atoms with Gasteiger partial charge in [0.05, 0.1) is 12.7 Å². The van der Waals surface area contributed by atoms with E-state index in [4.69, 9.17) is 14.6 Å². The number of carboxylic acids is 1. The molecule has 0 radical (unpaired) electrons. The van der Waals surface area contributed by atoms with Crippen molar-refractivity contribution in [3.63, 3.8) is 0 Å². The second-order valence-corrected chi connectivity index (χ2v) is 8.61. The van der Waals surface area contributed by atoms with E-state index in [9.17, 15) is 14.9 Å². The third-order valence-corrected chi connectivity index (χ3v) is 5.86. The van der Waals surface area contributed by atoms with E-state index in [1.807, 2.05) is 32.0 Å². The number of nitriles is 1. The average molecular weight is 535 g/mol. The molecule has 3 rings (SSSR count). The first kappa shape index (κ1) is 25.5. The van der Waals surface area contributed by atoms with E-state index in [0.717, 1.165) is 16.7 Å². The summed E-state index contributed by atoms with van der Waals surface area (Å²) in [5, 5.41) is 21.4. The van der Waals surface area contributed by atoms with Crippen molar-refractivity contribution in [3.05, 3.63) is 92.5 Å². The number of nitrogens with one attached hydrogen (secondary N) is 1. The molecular formula is C27H23BrN2O5. The number of carbonyl (C=O) groups excluding carboxylic acids is 1. The van der Waals surface area contributed by atoms with Crippen molar-refractivity contribution in [2.24, 2.45) is 0 Å². The molecule has 0 saturated heterocycles. The number of methoxy groups -OCH3 is 1. The summed E-state index contributed by atoms with van der Waals surface area (Å²) in [5.41, 5.74) is 4.09. The second kappa shape index (κ2) is 11.4. The van der Waals surface area contributed by atoms with Crippen LogP contribution < -0.4 is 14.8 Å². The molecule has 8 heteroatoms. The number of ether oxygens (including phenoxy) is 2. The summed E-state index contributed by atoms with van der Waals surface area (Å²) >= 11 is 3.47. The van der Waals surface area contributed by atoms with Gasteiger partial charge in [0.1, 0.15) is 18.2 Å². The fourth-order valence-corrected chi connectivity index (χ4v) is 3.72. The SMILES string of the molecule is COc1cc(/C=C(\C#N)C(=O)Nc2ccc(C)cc2C)c(Br)cc1OCc1ccc(C(=O)O)cc1. The summed E-state index contributed by atoms with van der Waals surface area (Å²) in [5.74, 6) is -0.660. The van der Waals surface area contributed by atoms with Crippen LogP contribution in [-0.4, -0.2) is 24.1 Å². The van der Waals surface area contributed by atoms with Gasteiger partial charge in [0.2, 0.25) is 0 Å². The number of aromatic carboxylic acids is 1. The predicted molar refractivity (Wildman–Crippen MR) is 137 cm³/mol. The molecule has 3 aromatic rings. The number of nitrogens with zero attached hydrogens (tertiary/aromatic N) is 1. The van der Waals surface area contributed by atoms with Crippen molar-refractivity contribution < 1.29 is 24.2 Å². The van der Waals surface area contributed by atoms with Gasteiger partial charge in [-0.25, -0.2) is 4.79 Å². The minimum absolute atomic E-state index is 0.0695. The summed E-state index contributed by atoms with van der Waals surface area (Å²) in [6.07, 6.45) is 1.47. The first-order valence-electron chi connectivity index (χ1n) is 10.5. The molecule has 3 aromatic carbocycles. The topological polar surface area (TPSA) is 109 Å². The molecule has 178 valence electrons. The highest BCUT2D eigenvalue weighted by Gasteiger charge is 2.15. The highest BCUT2D eigenvalue weighted by Crippen LogP contribution is 2.35. The highest BCUT2D eigenvalue weighted by molar-refractivity contribution is 9.10. The standard InChI is InChI=1S/C27H23BrN2O5/c1-16-4-9-23(17(2)10-16)30-26(31)21(14-29)11-20-12-24(34-3)25(13-22(20)28)35-15-18-5-7-19(8-6-18)27(32)33/h4-13H,15H2,1-3H3,(H,30,31)(H,32,33)/b21-11+. The number of aryl methyl sites for hydroxylation is 2. The molecule has 0 heterocycles. The highest BCUT2D eigenvalue weighted by atomic mass is 79.9. The molecular weight excluding hydrogens is 512 g/mol. The first-order valence-corrected chi connectivity index (χ1v) is 11.3. The third kappa shape index (κ3) is 6.49. The number of carboxylic acid groups (broad SMARTS) is 1. The van der Waals surface area contributed by atoms with Crippen molar-refractivity contribution in [1.29, 1.82) is 5.26 Å². The van der Waals surface area contributed by atoms with Gasteiger partial charge in [-0.3, -0.25) is 4.79 Å². The maximum atomic E-state index is 12.7. The number of amides is 1. The monoisotopic (exact) mass is 534 g/mol. The van der Waals surface area contributed by atoms with E-state index in [1.54, 1.807) is 30.3 Å². The molecule has 0 spiro atoms. The Bertz CT molecular complexity index is 1340. The van der Waals surface area contributed by atoms with Gasteiger partial charge in [0, 0.05) is 10.2 Å². The van der Waals surface area contributed by atoms with Crippen LogP contribution in [0.25, 0.3) is 6.08 Å². The van der Waals surface area contributed by atoms with Gasteiger partial charge in [0.15, 0.2) is 11.5 Å². The van der Waals surface area contributed by atoms with E-state index in [0.29, 0.717) is 27.2 Å². The molecule has 0 aliphatic rings. The van der Waals surface area contributed by atoms with Crippen LogP contribution >= 0.6 is 15.9 Å². The lowest BCUT2D eigenvalue weighted by Crippen LogP contribution is -2.14. The Balaban J connectivity index is 1.80. The summed E-state index contributed by atoms with van der Waals surface area (Å²) < 4.78 is 11.9. The minimum Gasteiger partial charge on any atom is -0.493 e. The van der Waals surface area contributed by atoms with Gasteiger partial charge >= 0.3 is 5.97 Å². The van der Waals surface area contributed by atoms with Gasteiger partial charge in [-0.05, 0) is 66.9 Å². The van der Waals surface area contributed by atoms with Crippen LogP contribution in [-0.2, 0) is 11.4 Å². The lowest BCUT2D eigenvalue weighted by molar-refractivity contribution is -0.112. The molecule has 35 heavy (non-hydrogen) atoms. The van der Waals surface area contributed by atoms with Crippen molar-refractivity contribution in [2.45, 2.75) is 20.5 Å². The first-order chi connectivity index (χ1) is 16.7. The summed E-state index contributed by atoms with van der Waals surface area (Å²) in [6.45, 7) is 4.05. The molecule has 0 atom stereocenters. The fourth-order valence-electron chi connectivity index (χ4n) is 3.29. The number of halogens is 1. The van der Waals surface area contributed by atoms with E-state index in [1.165, 1.54) is 25.3 Å². The summed E-state index contributed by atoms with van der Waals surface area (Å²) in [6, 6.07) is 17.3. The van der Waals surface area contributed by atoms with Crippen LogP contribution in [0.5, 0.6) is 11.5 Å². The van der Waals surface area contributed by atoms with Crippen LogP contribution in [0.4, 0.5) is 5.69 Å². The van der Waals surface area contributed by atoms with Crippen molar-refractivity contribution in [1.82, 2.24) is 0 Å². The van der Waals surface area contributed by atoms with Crippen molar-refractivity contribution in [3.8, 4) is 17.6 Å². The van der Waals surface area contributed by atoms with Crippen LogP contribution in [0.1, 0.15) is 32.6 Å². The maximum absolute atomic E-state index is 12.7. The number of anilines is 1. The molecule has 1 amide bonds. The van der Waals surface area contributed by atoms with Gasteiger partial charge in [0.25, 0.3) is 5.91 Å². The summed E-state index contributed by atoms with van der Waals surface area (Å²) in [4.78, 5) is 23.7. The Labute approximate surface area is 211 Å². The fraction of sp³-hybridized carbons (Fsp3) is 0.148. The zero-order valence-electron chi connectivity index (χ0n) is 19.4. The normalized spacial score (nSPS) is 10.9. The Hall–Kier alpha value is -4.09. The van der Waals surface area contributed by atoms with Gasteiger partial charge in [-0.1, -0.05) is 45.8 Å². The molecule has 0 aliphatic carbocycles. The van der Waals surface area contributed by atoms with Gasteiger partial charge < -0.3 is 19.9 Å². The third-order valence-electron chi connectivity index (χ3n) is 5.17. The Morgan fingerprint density at radius 1 is 1.09 bits per heavy atom. The summed E-state index contributed by atoms with van der Waals surface area (Å²) in [7, 11) is 1.49. The Morgan fingerprint density at radius 2 is 1.80 bits per heavy atom. The quantitative estimate of drug-likeness (QED) is 0.275. The number of carbonyl (C=O) groups is 2. The largest absolute Gasteiger partial charge is 0.493 e. The number of rotatable bonds is 8. The zero-order valence-corrected chi connectivity index (χ0v) is 21.0. The van der Waals surface area contributed by atoms with Crippen LogP contribution in [0.2, 0.25) is 0 Å². The number of hydrogen-bond acceptors (Lipinski definition) is 5. The van der Waals surface area contributed by atoms with E-state index < -0.39 is 11.9 Å². The number of benzene rings is 3. The predicted octanol–water partition coefficient (Wildman–Crippen LogP) is 5.90. The Kier molecular flexibility index (Phi) is 8.29. The molecule has 0 fully saturated rings. The number of hydrogen-bond donors (Lipinski definition) is 2. The maximum Gasteiger partial charge on any atom is 0.335 e. The molecule has 7 nitrogen and oxygen atoms in total. The van der Waals surface area contributed by atoms with E-state index >= 15 is 0 Å². The molecule has 0 saturated carbocycles. The molecule has 2 N–H and O–H groups in total. The molecule has 0 bridgehead atoms. The smallest absolute Gasteiger partial charge is 0.335 e. The average Bonchev–Trinajstić information content (AvgIpc) is 2.83. The minimum atomic E-state index is -0.994. The second-order valence-electron chi connectivity index (χ2n) is 7.76. The van der Waals surface area contributed by atoms with Crippen LogP contribution in [0, 0.1) is 25.2 Å². The Morgan fingerprint density at radius 3 is 2.40 bits per heavy atom. The van der Waals surface area contributed by atoms with Crippen molar-refractivity contribution >= 4 is 39.6 Å².